The molecule has 0 aliphatic carbocycles. The lowest BCUT2D eigenvalue weighted by Gasteiger charge is -2.09. The van der Waals surface area contributed by atoms with E-state index in [1.165, 1.54) is 6.07 Å². The van der Waals surface area contributed by atoms with E-state index >= 15 is 0 Å². The van der Waals surface area contributed by atoms with Gasteiger partial charge >= 0.3 is 0 Å². The molecule has 2 nitrogen and oxygen atoms in total. The fourth-order valence-corrected chi connectivity index (χ4v) is 1.71. The third-order valence-electron chi connectivity index (χ3n) is 1.71. The Morgan fingerprint density at radius 1 is 1.46 bits per heavy atom. The van der Waals surface area contributed by atoms with Crippen LogP contribution in [0.3, 0.4) is 0 Å². The standard InChI is InChI=1S/C9H10FIO2/c10-8-2-1-3-9(11)7(8)4-6(13)5-12/h1-3,6,12-13H,4-5H2. The lowest BCUT2D eigenvalue weighted by Crippen LogP contribution is -2.16. The smallest absolute Gasteiger partial charge is 0.127 e. The summed E-state index contributed by atoms with van der Waals surface area (Å²) < 4.78 is 13.9. The molecule has 0 fully saturated rings. The van der Waals surface area contributed by atoms with Crippen molar-refractivity contribution in [2.45, 2.75) is 12.5 Å². The van der Waals surface area contributed by atoms with Crippen LogP contribution in [0.15, 0.2) is 18.2 Å². The van der Waals surface area contributed by atoms with Crippen molar-refractivity contribution in [3.8, 4) is 0 Å². The molecular formula is C9H10FIO2. The highest BCUT2D eigenvalue weighted by molar-refractivity contribution is 14.1. The molecule has 0 spiro atoms. The first-order chi connectivity index (χ1) is 6.15. The van der Waals surface area contributed by atoms with Crippen LogP contribution in [0.5, 0.6) is 0 Å². The van der Waals surface area contributed by atoms with Crippen LogP contribution in [0.4, 0.5) is 4.39 Å². The predicted octanol–water partition coefficient (Wildman–Crippen LogP) is 1.33. The Bertz CT molecular complexity index is 271. The Labute approximate surface area is 89.5 Å². The summed E-state index contributed by atoms with van der Waals surface area (Å²) in [6.07, 6.45) is -0.730. The Balaban J connectivity index is 2.87. The van der Waals surface area contributed by atoms with Gasteiger partial charge in [0.15, 0.2) is 0 Å². The van der Waals surface area contributed by atoms with Crippen LogP contribution >= 0.6 is 22.6 Å². The van der Waals surface area contributed by atoms with Crippen molar-refractivity contribution in [2.75, 3.05) is 6.61 Å². The molecule has 1 atom stereocenters. The van der Waals surface area contributed by atoms with Gasteiger partial charge in [-0.25, -0.2) is 4.39 Å². The average molecular weight is 296 g/mol. The highest BCUT2D eigenvalue weighted by Gasteiger charge is 2.10. The normalized spacial score (nSPS) is 12.9. The molecule has 0 aromatic heterocycles. The first kappa shape index (κ1) is 10.9. The first-order valence-corrected chi connectivity index (χ1v) is 4.95. The number of rotatable bonds is 3. The monoisotopic (exact) mass is 296 g/mol. The lowest BCUT2D eigenvalue weighted by molar-refractivity contribution is 0.0946. The van der Waals surface area contributed by atoms with Crippen molar-refractivity contribution in [1.29, 1.82) is 0 Å². The fourth-order valence-electron chi connectivity index (χ4n) is 1.03. The summed E-state index contributed by atoms with van der Waals surface area (Å²) in [6.45, 7) is -0.343. The third kappa shape index (κ3) is 2.89. The van der Waals surface area contributed by atoms with Gasteiger partial charge in [0.1, 0.15) is 5.82 Å². The molecule has 1 aromatic rings. The van der Waals surface area contributed by atoms with E-state index in [0.29, 0.717) is 5.56 Å². The summed E-state index contributed by atoms with van der Waals surface area (Å²) in [6, 6.07) is 4.73. The Morgan fingerprint density at radius 3 is 2.69 bits per heavy atom. The van der Waals surface area contributed by atoms with Crippen molar-refractivity contribution in [3.63, 3.8) is 0 Å². The van der Waals surface area contributed by atoms with Gasteiger partial charge in [0.25, 0.3) is 0 Å². The SMILES string of the molecule is OCC(O)Cc1c(F)cccc1I. The van der Waals surface area contributed by atoms with E-state index in [2.05, 4.69) is 0 Å². The van der Waals surface area contributed by atoms with E-state index in [4.69, 9.17) is 10.2 Å². The largest absolute Gasteiger partial charge is 0.394 e. The summed E-state index contributed by atoms with van der Waals surface area (Å²) in [5.41, 5.74) is 0.463. The van der Waals surface area contributed by atoms with Crippen LogP contribution in [0, 0.1) is 9.39 Å². The molecule has 0 aliphatic rings. The van der Waals surface area contributed by atoms with Crippen LogP contribution < -0.4 is 0 Å². The molecule has 0 amide bonds. The minimum Gasteiger partial charge on any atom is -0.394 e. The van der Waals surface area contributed by atoms with E-state index in [1.807, 2.05) is 22.6 Å². The molecule has 1 rings (SSSR count). The molecule has 0 radical (unpaired) electrons. The molecule has 0 saturated heterocycles. The molecule has 0 heterocycles. The molecular weight excluding hydrogens is 286 g/mol. The van der Waals surface area contributed by atoms with E-state index < -0.39 is 6.10 Å². The summed E-state index contributed by atoms with van der Waals surface area (Å²) in [5.74, 6) is -0.334. The maximum absolute atomic E-state index is 13.1. The lowest BCUT2D eigenvalue weighted by atomic mass is 10.1. The van der Waals surface area contributed by atoms with Crippen molar-refractivity contribution in [3.05, 3.63) is 33.1 Å². The zero-order chi connectivity index (χ0) is 9.84. The highest BCUT2D eigenvalue weighted by atomic mass is 127. The molecule has 72 valence electrons. The summed E-state index contributed by atoms with van der Waals surface area (Å²) in [4.78, 5) is 0. The highest BCUT2D eigenvalue weighted by Crippen LogP contribution is 2.17. The summed E-state index contributed by atoms with van der Waals surface area (Å²) in [7, 11) is 0. The maximum atomic E-state index is 13.1. The molecule has 1 unspecified atom stereocenters. The first-order valence-electron chi connectivity index (χ1n) is 3.87. The Kier molecular flexibility index (Phi) is 4.08. The number of benzene rings is 1. The van der Waals surface area contributed by atoms with Crippen LogP contribution in [0.1, 0.15) is 5.56 Å². The van der Waals surface area contributed by atoms with Crippen molar-refractivity contribution < 1.29 is 14.6 Å². The third-order valence-corrected chi connectivity index (χ3v) is 2.72. The van der Waals surface area contributed by atoms with Gasteiger partial charge in [-0.3, -0.25) is 0 Å². The van der Waals surface area contributed by atoms with Gasteiger partial charge < -0.3 is 10.2 Å². The molecule has 0 bridgehead atoms. The minimum atomic E-state index is -0.884. The molecule has 0 aliphatic heterocycles. The van der Waals surface area contributed by atoms with Crippen LogP contribution in [0.25, 0.3) is 0 Å². The van der Waals surface area contributed by atoms with E-state index in [-0.39, 0.29) is 18.8 Å². The molecule has 1 aromatic carbocycles. The van der Waals surface area contributed by atoms with Crippen molar-refractivity contribution in [1.82, 2.24) is 0 Å². The summed E-state index contributed by atoms with van der Waals surface area (Å²) in [5, 5.41) is 17.7. The number of hydrogen-bond acceptors (Lipinski definition) is 2. The van der Waals surface area contributed by atoms with Gasteiger partial charge in [0, 0.05) is 15.6 Å². The van der Waals surface area contributed by atoms with Gasteiger partial charge in [-0.1, -0.05) is 6.07 Å². The molecule has 13 heavy (non-hydrogen) atoms. The average Bonchev–Trinajstić information content (AvgIpc) is 2.11. The Morgan fingerprint density at radius 2 is 2.15 bits per heavy atom. The van der Waals surface area contributed by atoms with E-state index in [0.717, 1.165) is 3.57 Å². The van der Waals surface area contributed by atoms with Gasteiger partial charge in [0.2, 0.25) is 0 Å². The zero-order valence-corrected chi connectivity index (χ0v) is 9.03. The van der Waals surface area contributed by atoms with Crippen LogP contribution in [0.2, 0.25) is 0 Å². The van der Waals surface area contributed by atoms with Crippen molar-refractivity contribution in [2.24, 2.45) is 0 Å². The second-order valence-electron chi connectivity index (χ2n) is 2.74. The molecule has 0 saturated carbocycles. The summed E-state index contributed by atoms with van der Waals surface area (Å²) >= 11 is 2.00. The van der Waals surface area contributed by atoms with Gasteiger partial charge in [-0.05, 0) is 34.7 Å². The second-order valence-corrected chi connectivity index (χ2v) is 3.90. The zero-order valence-electron chi connectivity index (χ0n) is 6.87. The quantitative estimate of drug-likeness (QED) is 0.826. The number of hydrogen-bond donors (Lipinski definition) is 2. The Hall–Kier alpha value is -0.200. The second kappa shape index (κ2) is 4.88. The van der Waals surface area contributed by atoms with Crippen molar-refractivity contribution >= 4 is 22.6 Å². The minimum absolute atomic E-state index is 0.154. The molecule has 2 N–H and O–H groups in total. The number of aliphatic hydroxyl groups excluding tert-OH is 2. The van der Waals surface area contributed by atoms with Gasteiger partial charge in [0.05, 0.1) is 12.7 Å². The van der Waals surface area contributed by atoms with Gasteiger partial charge in [-0.2, -0.15) is 0 Å². The van der Waals surface area contributed by atoms with Crippen LogP contribution in [-0.2, 0) is 6.42 Å². The number of halogens is 2. The predicted molar refractivity (Wildman–Crippen MR) is 55.9 cm³/mol. The van der Waals surface area contributed by atoms with Crippen LogP contribution in [-0.4, -0.2) is 22.9 Å². The van der Waals surface area contributed by atoms with Gasteiger partial charge in [-0.15, -0.1) is 0 Å². The topological polar surface area (TPSA) is 40.5 Å². The van der Waals surface area contributed by atoms with E-state index in [9.17, 15) is 4.39 Å². The maximum Gasteiger partial charge on any atom is 0.127 e. The van der Waals surface area contributed by atoms with E-state index in [1.54, 1.807) is 12.1 Å². The fraction of sp³-hybridized carbons (Fsp3) is 0.333. The number of aliphatic hydroxyl groups is 2. The molecule has 4 heteroatoms.